The fourth-order valence-corrected chi connectivity index (χ4v) is 4.10. The van der Waals surface area contributed by atoms with E-state index in [9.17, 15) is 4.79 Å². The molecule has 0 saturated carbocycles. The van der Waals surface area contributed by atoms with Gasteiger partial charge in [0.2, 0.25) is 5.91 Å². The number of piperidine rings is 1. The molecule has 1 aromatic carbocycles. The Morgan fingerprint density at radius 3 is 2.86 bits per heavy atom. The molecule has 0 unspecified atom stereocenters. The minimum absolute atomic E-state index is 0.0781. The molecule has 0 radical (unpaired) electrons. The van der Waals surface area contributed by atoms with E-state index in [0.717, 1.165) is 32.5 Å². The minimum atomic E-state index is 0.0781. The van der Waals surface area contributed by atoms with Crippen molar-refractivity contribution in [2.75, 3.05) is 13.1 Å². The Bertz CT molecular complexity index is 623. The van der Waals surface area contributed by atoms with E-state index in [1.54, 1.807) is 6.92 Å². The summed E-state index contributed by atoms with van der Waals surface area (Å²) < 4.78 is 0. The van der Waals surface area contributed by atoms with Crippen LogP contribution in [0.4, 0.5) is 0 Å². The summed E-state index contributed by atoms with van der Waals surface area (Å²) >= 11 is 1.87. The van der Waals surface area contributed by atoms with E-state index >= 15 is 0 Å². The Labute approximate surface area is 136 Å². The van der Waals surface area contributed by atoms with Gasteiger partial charge in [-0.05, 0) is 37.1 Å². The number of hydrogen-bond donors (Lipinski definition) is 1. The third-order valence-electron chi connectivity index (χ3n) is 4.01. The monoisotopic (exact) mass is 314 g/mol. The van der Waals surface area contributed by atoms with Crippen molar-refractivity contribution in [3.05, 3.63) is 47.3 Å². The maximum atomic E-state index is 11.2. The first kappa shape index (κ1) is 15.3. The number of likely N-dealkylation sites (tertiary alicyclic amines) is 1. The lowest BCUT2D eigenvalue weighted by Gasteiger charge is -2.32. The number of nitrogens with zero attached hydrogens (tertiary/aromatic N) is 1. The van der Waals surface area contributed by atoms with Gasteiger partial charge in [-0.2, -0.15) is 0 Å². The highest BCUT2D eigenvalue weighted by Gasteiger charge is 2.20. The summed E-state index contributed by atoms with van der Waals surface area (Å²) in [6.45, 7) is 4.66. The van der Waals surface area contributed by atoms with Gasteiger partial charge in [-0.1, -0.05) is 30.3 Å². The van der Waals surface area contributed by atoms with Crippen LogP contribution in [0.25, 0.3) is 10.4 Å². The molecule has 0 spiro atoms. The molecule has 22 heavy (non-hydrogen) atoms. The normalized spacial score (nSPS) is 19.0. The number of nitrogens with one attached hydrogen (secondary N) is 1. The van der Waals surface area contributed by atoms with Crippen LogP contribution >= 0.6 is 11.3 Å². The van der Waals surface area contributed by atoms with E-state index < -0.39 is 0 Å². The summed E-state index contributed by atoms with van der Waals surface area (Å²) in [6.07, 6.45) is 2.25. The number of hydrogen-bond acceptors (Lipinski definition) is 3. The van der Waals surface area contributed by atoms with Crippen molar-refractivity contribution >= 4 is 17.2 Å². The number of thiophene rings is 1. The molecular weight excluding hydrogens is 292 g/mol. The van der Waals surface area contributed by atoms with Crippen LogP contribution in [0.2, 0.25) is 0 Å². The molecule has 3 nitrogen and oxygen atoms in total. The Balaban J connectivity index is 1.61. The molecular formula is C18H22N2OS. The summed E-state index contributed by atoms with van der Waals surface area (Å²) in [6, 6.07) is 15.3. The maximum Gasteiger partial charge on any atom is 0.217 e. The molecule has 0 bridgehead atoms. The quantitative estimate of drug-likeness (QED) is 0.936. The lowest BCUT2D eigenvalue weighted by atomic mass is 10.1. The molecule has 1 aliphatic heterocycles. The van der Waals surface area contributed by atoms with Crippen LogP contribution in [0.5, 0.6) is 0 Å². The van der Waals surface area contributed by atoms with Crippen molar-refractivity contribution in [2.24, 2.45) is 0 Å². The Kier molecular flexibility index (Phi) is 4.90. The third kappa shape index (κ3) is 3.96. The van der Waals surface area contributed by atoms with Crippen LogP contribution < -0.4 is 5.32 Å². The van der Waals surface area contributed by atoms with Crippen molar-refractivity contribution in [3.63, 3.8) is 0 Å². The van der Waals surface area contributed by atoms with Gasteiger partial charge in [0.05, 0.1) is 0 Å². The zero-order valence-electron chi connectivity index (χ0n) is 12.9. The Hall–Kier alpha value is -1.65. The molecule has 4 heteroatoms. The Morgan fingerprint density at radius 2 is 2.09 bits per heavy atom. The lowest BCUT2D eigenvalue weighted by Crippen LogP contribution is -2.46. The molecule has 1 amide bonds. The average Bonchev–Trinajstić information content (AvgIpc) is 2.96. The van der Waals surface area contributed by atoms with Crippen molar-refractivity contribution in [1.82, 2.24) is 10.2 Å². The van der Waals surface area contributed by atoms with Crippen LogP contribution in [0.15, 0.2) is 42.5 Å². The van der Waals surface area contributed by atoms with Gasteiger partial charge in [0, 0.05) is 35.8 Å². The van der Waals surface area contributed by atoms with Crippen LogP contribution in [0.3, 0.4) is 0 Å². The zero-order chi connectivity index (χ0) is 15.4. The second-order valence-electron chi connectivity index (χ2n) is 5.91. The second-order valence-corrected chi connectivity index (χ2v) is 7.08. The highest BCUT2D eigenvalue weighted by atomic mass is 32.1. The number of rotatable bonds is 4. The predicted molar refractivity (Wildman–Crippen MR) is 91.9 cm³/mol. The van der Waals surface area contributed by atoms with Gasteiger partial charge >= 0.3 is 0 Å². The van der Waals surface area contributed by atoms with Crippen LogP contribution in [0.1, 0.15) is 24.6 Å². The van der Waals surface area contributed by atoms with Crippen LogP contribution in [-0.2, 0) is 11.3 Å². The molecule has 1 atom stereocenters. The zero-order valence-corrected chi connectivity index (χ0v) is 13.7. The molecule has 2 aromatic rings. The number of carbonyl (C=O) groups is 1. The van der Waals surface area contributed by atoms with Crippen molar-refractivity contribution in [3.8, 4) is 10.4 Å². The van der Waals surface area contributed by atoms with E-state index in [2.05, 4.69) is 46.6 Å². The van der Waals surface area contributed by atoms with E-state index in [0.29, 0.717) is 6.04 Å². The summed E-state index contributed by atoms with van der Waals surface area (Å²) in [7, 11) is 0. The van der Waals surface area contributed by atoms with Gasteiger partial charge < -0.3 is 5.32 Å². The van der Waals surface area contributed by atoms with E-state index in [1.165, 1.54) is 15.3 Å². The summed E-state index contributed by atoms with van der Waals surface area (Å²) in [5, 5.41) is 3.05. The van der Waals surface area contributed by atoms with Gasteiger partial charge in [0.1, 0.15) is 0 Å². The average molecular weight is 314 g/mol. The van der Waals surface area contributed by atoms with Gasteiger partial charge in [0.15, 0.2) is 0 Å². The van der Waals surface area contributed by atoms with E-state index in [1.807, 2.05) is 17.4 Å². The molecule has 116 valence electrons. The molecule has 1 N–H and O–H groups in total. The SMILES string of the molecule is CC(=O)N[C@@H]1CCCN(Cc2ccc(-c3ccccc3)s2)C1. The molecule has 1 aromatic heterocycles. The number of carbonyl (C=O) groups excluding carboxylic acids is 1. The third-order valence-corrected chi connectivity index (χ3v) is 5.13. The molecule has 2 heterocycles. The lowest BCUT2D eigenvalue weighted by molar-refractivity contribution is -0.120. The fourth-order valence-electron chi connectivity index (χ4n) is 3.05. The first-order valence-electron chi connectivity index (χ1n) is 7.84. The van der Waals surface area contributed by atoms with E-state index in [4.69, 9.17) is 0 Å². The number of amides is 1. The van der Waals surface area contributed by atoms with Gasteiger partial charge in [-0.15, -0.1) is 11.3 Å². The molecule has 3 rings (SSSR count). The molecule has 1 aliphatic rings. The van der Waals surface area contributed by atoms with Crippen LogP contribution in [0, 0.1) is 0 Å². The van der Waals surface area contributed by atoms with Gasteiger partial charge in [0.25, 0.3) is 0 Å². The van der Waals surface area contributed by atoms with Crippen molar-refractivity contribution in [1.29, 1.82) is 0 Å². The highest BCUT2D eigenvalue weighted by molar-refractivity contribution is 7.15. The standard InChI is InChI=1S/C18H22N2OS/c1-14(21)19-16-8-5-11-20(12-16)13-17-9-10-18(22-17)15-6-3-2-4-7-15/h2-4,6-7,9-10,16H,5,8,11-13H2,1H3,(H,19,21)/t16-/m1/s1. The first-order valence-corrected chi connectivity index (χ1v) is 8.66. The van der Waals surface area contributed by atoms with Crippen molar-refractivity contribution < 1.29 is 4.79 Å². The second kappa shape index (κ2) is 7.07. The smallest absolute Gasteiger partial charge is 0.217 e. The molecule has 1 saturated heterocycles. The minimum Gasteiger partial charge on any atom is -0.352 e. The van der Waals surface area contributed by atoms with Gasteiger partial charge in [-0.25, -0.2) is 0 Å². The van der Waals surface area contributed by atoms with Crippen molar-refractivity contribution in [2.45, 2.75) is 32.4 Å². The molecule has 1 fully saturated rings. The summed E-state index contributed by atoms with van der Waals surface area (Å²) in [5.41, 5.74) is 1.29. The number of benzene rings is 1. The Morgan fingerprint density at radius 1 is 1.27 bits per heavy atom. The predicted octanol–water partition coefficient (Wildman–Crippen LogP) is 3.52. The van der Waals surface area contributed by atoms with Crippen LogP contribution in [-0.4, -0.2) is 29.9 Å². The summed E-state index contributed by atoms with van der Waals surface area (Å²) in [5.74, 6) is 0.0781. The molecule has 0 aliphatic carbocycles. The summed E-state index contributed by atoms with van der Waals surface area (Å²) in [4.78, 5) is 16.4. The largest absolute Gasteiger partial charge is 0.352 e. The first-order chi connectivity index (χ1) is 10.7. The van der Waals surface area contributed by atoms with E-state index in [-0.39, 0.29) is 5.91 Å². The fraction of sp³-hybridized carbons (Fsp3) is 0.389. The van der Waals surface area contributed by atoms with Gasteiger partial charge in [-0.3, -0.25) is 9.69 Å². The maximum absolute atomic E-state index is 11.2. The highest BCUT2D eigenvalue weighted by Crippen LogP contribution is 2.29. The topological polar surface area (TPSA) is 32.3 Å².